The second-order valence-corrected chi connectivity index (χ2v) is 11.4. The SMILES string of the molecule is CC1CCC(c2ccc(C3CCC(C(F)(F)Oc4ccc(-c5ccc(CF)c(F)c5)c(F)c4)CC3)cc2)CC1. The first-order valence-electron chi connectivity index (χ1n) is 14.0. The molecule has 0 unspecified atom stereocenters. The van der Waals surface area contributed by atoms with Gasteiger partial charge in [0.15, 0.2) is 0 Å². The van der Waals surface area contributed by atoms with E-state index < -0.39 is 30.3 Å². The molecule has 3 aromatic carbocycles. The molecule has 0 aromatic heterocycles. The van der Waals surface area contributed by atoms with Crippen LogP contribution < -0.4 is 4.74 Å². The fourth-order valence-corrected chi connectivity index (χ4v) is 6.25. The average molecular weight is 543 g/mol. The summed E-state index contributed by atoms with van der Waals surface area (Å²) in [5.74, 6) is -1.15. The van der Waals surface area contributed by atoms with E-state index in [4.69, 9.17) is 4.74 Å². The van der Waals surface area contributed by atoms with Crippen molar-refractivity contribution in [1.29, 1.82) is 0 Å². The van der Waals surface area contributed by atoms with Crippen LogP contribution in [0.1, 0.15) is 86.8 Å². The molecule has 3 aromatic rings. The largest absolute Gasteiger partial charge is 0.432 e. The average Bonchev–Trinajstić information content (AvgIpc) is 2.93. The van der Waals surface area contributed by atoms with Crippen molar-refractivity contribution in [1.82, 2.24) is 0 Å². The van der Waals surface area contributed by atoms with Crippen LogP contribution in [0.3, 0.4) is 0 Å². The number of alkyl halides is 3. The third-order valence-electron chi connectivity index (χ3n) is 8.80. The molecule has 0 aliphatic heterocycles. The third-order valence-corrected chi connectivity index (χ3v) is 8.80. The van der Waals surface area contributed by atoms with Crippen LogP contribution in [0.4, 0.5) is 22.0 Å². The Kier molecular flexibility index (Phi) is 8.29. The van der Waals surface area contributed by atoms with Gasteiger partial charge < -0.3 is 4.74 Å². The quantitative estimate of drug-likeness (QED) is 0.270. The van der Waals surface area contributed by atoms with Crippen molar-refractivity contribution in [3.05, 3.63) is 89.0 Å². The van der Waals surface area contributed by atoms with E-state index in [9.17, 15) is 13.2 Å². The molecular weight excluding hydrogens is 507 g/mol. The Bertz CT molecular complexity index is 1260. The van der Waals surface area contributed by atoms with Crippen LogP contribution in [0, 0.1) is 23.5 Å². The lowest BCUT2D eigenvalue weighted by Crippen LogP contribution is -2.37. The first-order chi connectivity index (χ1) is 18.7. The Morgan fingerprint density at radius 1 is 0.718 bits per heavy atom. The highest BCUT2D eigenvalue weighted by molar-refractivity contribution is 5.65. The zero-order chi connectivity index (χ0) is 27.6. The van der Waals surface area contributed by atoms with Gasteiger partial charge in [-0.2, -0.15) is 8.78 Å². The van der Waals surface area contributed by atoms with Crippen molar-refractivity contribution in [2.75, 3.05) is 0 Å². The van der Waals surface area contributed by atoms with Gasteiger partial charge >= 0.3 is 6.11 Å². The molecule has 2 fully saturated rings. The molecule has 0 radical (unpaired) electrons. The van der Waals surface area contributed by atoms with Crippen LogP contribution in [0.2, 0.25) is 0 Å². The van der Waals surface area contributed by atoms with Gasteiger partial charge in [0.2, 0.25) is 0 Å². The Morgan fingerprint density at radius 2 is 1.31 bits per heavy atom. The van der Waals surface area contributed by atoms with Crippen molar-refractivity contribution in [2.24, 2.45) is 11.8 Å². The number of halogens is 5. The van der Waals surface area contributed by atoms with Gasteiger partial charge in [-0.05, 0) is 91.2 Å². The zero-order valence-electron chi connectivity index (χ0n) is 22.2. The van der Waals surface area contributed by atoms with E-state index in [2.05, 4.69) is 31.2 Å². The van der Waals surface area contributed by atoms with Crippen molar-refractivity contribution in [3.8, 4) is 16.9 Å². The van der Waals surface area contributed by atoms with Crippen molar-refractivity contribution >= 4 is 0 Å². The Labute approximate surface area is 227 Å². The molecule has 5 rings (SSSR count). The maximum absolute atomic E-state index is 15.1. The third kappa shape index (κ3) is 6.31. The molecule has 0 N–H and O–H groups in total. The molecular formula is C33H35F5O. The number of rotatable bonds is 7. The van der Waals surface area contributed by atoms with E-state index in [1.165, 1.54) is 61.1 Å². The normalized spacial score (nSPS) is 23.9. The molecule has 0 heterocycles. The smallest absolute Gasteiger partial charge is 0.400 e. The standard InChI is InChI=1S/C33H35F5O/c1-21-2-4-22(5-3-21)23-6-8-24(9-7-23)25-12-14-28(15-13-25)33(37,38)39-29-16-17-30(32(36)19-29)26-10-11-27(20-34)31(35)18-26/h6-11,16-19,21-22,25,28H,2-5,12-15,20H2,1H3. The van der Waals surface area contributed by atoms with Crippen molar-refractivity contribution < 1.29 is 26.7 Å². The summed E-state index contributed by atoms with van der Waals surface area (Å²) in [6.45, 7) is 1.35. The molecule has 0 saturated heterocycles. The molecule has 2 aliphatic carbocycles. The summed E-state index contributed by atoms with van der Waals surface area (Å²) < 4.78 is 76.6. The van der Waals surface area contributed by atoms with E-state index in [1.807, 2.05) is 0 Å². The number of hydrogen-bond donors (Lipinski definition) is 0. The van der Waals surface area contributed by atoms with E-state index in [-0.39, 0.29) is 28.4 Å². The molecule has 0 amide bonds. The maximum Gasteiger partial charge on any atom is 0.400 e. The molecule has 2 aliphatic rings. The topological polar surface area (TPSA) is 9.23 Å². The first-order valence-corrected chi connectivity index (χ1v) is 14.0. The highest BCUT2D eigenvalue weighted by atomic mass is 19.3. The number of benzene rings is 3. The van der Waals surface area contributed by atoms with Gasteiger partial charge in [0.1, 0.15) is 24.1 Å². The van der Waals surface area contributed by atoms with E-state index in [0.29, 0.717) is 31.6 Å². The van der Waals surface area contributed by atoms with Gasteiger partial charge in [-0.1, -0.05) is 56.2 Å². The summed E-state index contributed by atoms with van der Waals surface area (Å²) >= 11 is 0. The van der Waals surface area contributed by atoms with Gasteiger partial charge in [-0.25, -0.2) is 13.2 Å². The number of ether oxygens (including phenoxy) is 1. The molecule has 0 spiro atoms. The molecule has 2 saturated carbocycles. The minimum absolute atomic E-state index is 0.0274. The predicted molar refractivity (Wildman–Crippen MR) is 144 cm³/mol. The molecule has 0 bridgehead atoms. The van der Waals surface area contributed by atoms with Crippen molar-refractivity contribution in [2.45, 2.75) is 82.9 Å². The maximum atomic E-state index is 15.1. The fraction of sp³-hybridized carbons (Fsp3) is 0.455. The highest BCUT2D eigenvalue weighted by Gasteiger charge is 2.44. The summed E-state index contributed by atoms with van der Waals surface area (Å²) in [6.07, 6.45) is 3.53. The number of hydrogen-bond acceptors (Lipinski definition) is 1. The van der Waals surface area contributed by atoms with Crippen LogP contribution in [0.15, 0.2) is 60.7 Å². The minimum atomic E-state index is -3.43. The minimum Gasteiger partial charge on any atom is -0.432 e. The lowest BCUT2D eigenvalue weighted by molar-refractivity contribution is -0.222. The molecule has 208 valence electrons. The first kappa shape index (κ1) is 27.7. The predicted octanol–water partition coefficient (Wildman–Crippen LogP) is 10.3. The van der Waals surface area contributed by atoms with Crippen LogP contribution in [0.5, 0.6) is 5.75 Å². The summed E-state index contributed by atoms with van der Waals surface area (Å²) in [5.41, 5.74) is 2.69. The van der Waals surface area contributed by atoms with Crippen LogP contribution in [-0.4, -0.2) is 6.11 Å². The summed E-state index contributed by atoms with van der Waals surface area (Å²) in [6, 6.07) is 15.9. The highest BCUT2D eigenvalue weighted by Crippen LogP contribution is 2.44. The van der Waals surface area contributed by atoms with Gasteiger partial charge in [0, 0.05) is 17.2 Å². The van der Waals surface area contributed by atoms with Gasteiger partial charge in [0.05, 0.1) is 5.92 Å². The Morgan fingerprint density at radius 3 is 1.85 bits per heavy atom. The fourth-order valence-electron chi connectivity index (χ4n) is 6.25. The lowest BCUT2D eigenvalue weighted by Gasteiger charge is -2.33. The Balaban J connectivity index is 1.18. The second-order valence-electron chi connectivity index (χ2n) is 11.4. The van der Waals surface area contributed by atoms with Crippen LogP contribution in [-0.2, 0) is 6.67 Å². The molecule has 39 heavy (non-hydrogen) atoms. The monoisotopic (exact) mass is 542 g/mol. The summed E-state index contributed by atoms with van der Waals surface area (Å²) in [7, 11) is 0. The Hall–Kier alpha value is -2.89. The van der Waals surface area contributed by atoms with Gasteiger partial charge in [0.25, 0.3) is 0 Å². The van der Waals surface area contributed by atoms with Crippen LogP contribution >= 0.6 is 0 Å². The van der Waals surface area contributed by atoms with E-state index in [1.54, 1.807) is 0 Å². The van der Waals surface area contributed by atoms with E-state index >= 15 is 8.78 Å². The van der Waals surface area contributed by atoms with Crippen molar-refractivity contribution in [3.63, 3.8) is 0 Å². The van der Waals surface area contributed by atoms with Crippen LogP contribution in [0.25, 0.3) is 11.1 Å². The van der Waals surface area contributed by atoms with E-state index in [0.717, 1.165) is 18.1 Å². The summed E-state index contributed by atoms with van der Waals surface area (Å²) in [4.78, 5) is 0. The summed E-state index contributed by atoms with van der Waals surface area (Å²) in [5, 5.41) is 0. The lowest BCUT2D eigenvalue weighted by atomic mass is 9.76. The molecule has 1 nitrogen and oxygen atoms in total. The van der Waals surface area contributed by atoms with Gasteiger partial charge in [-0.15, -0.1) is 0 Å². The zero-order valence-corrected chi connectivity index (χ0v) is 22.2. The molecule has 6 heteroatoms. The second kappa shape index (κ2) is 11.7. The molecule has 0 atom stereocenters. The van der Waals surface area contributed by atoms with Gasteiger partial charge in [-0.3, -0.25) is 0 Å².